The first-order chi connectivity index (χ1) is 13.1. The minimum Gasteiger partial charge on any atom is -0.457 e. The molecule has 3 rings (SSSR count). The predicted molar refractivity (Wildman–Crippen MR) is 108 cm³/mol. The maximum absolute atomic E-state index is 12.7. The Hall–Kier alpha value is -2.18. The number of aliphatic hydroxyl groups is 1. The van der Waals surface area contributed by atoms with Gasteiger partial charge >= 0.3 is 5.97 Å². The molecule has 1 unspecified atom stereocenters. The van der Waals surface area contributed by atoms with Crippen LogP contribution in [0.3, 0.4) is 0 Å². The predicted octanol–water partition coefficient (Wildman–Crippen LogP) is 5.31. The number of carbonyl (C=O) groups excluding carboxylic acids is 1. The van der Waals surface area contributed by atoms with Crippen LogP contribution in [-0.2, 0) is 16.1 Å². The highest BCUT2D eigenvalue weighted by atomic mass is 35.5. The summed E-state index contributed by atoms with van der Waals surface area (Å²) in [5.41, 5.74) is 1.90. The van der Waals surface area contributed by atoms with Gasteiger partial charge in [0.25, 0.3) is 0 Å². The van der Waals surface area contributed by atoms with E-state index in [0.29, 0.717) is 21.2 Å². The van der Waals surface area contributed by atoms with Crippen LogP contribution in [-0.4, -0.2) is 16.1 Å². The van der Waals surface area contributed by atoms with E-state index in [4.69, 9.17) is 27.9 Å². The molecule has 138 valence electrons. The average molecular weight is 420 g/mol. The third kappa shape index (κ3) is 4.96. The van der Waals surface area contributed by atoms with Crippen LogP contribution in [0.4, 0.5) is 0 Å². The van der Waals surface area contributed by atoms with E-state index in [1.54, 1.807) is 42.6 Å². The number of benzene rings is 1. The second kappa shape index (κ2) is 9.15. The van der Waals surface area contributed by atoms with Crippen molar-refractivity contribution >= 4 is 46.6 Å². The van der Waals surface area contributed by atoms with Gasteiger partial charge in [0.05, 0.1) is 5.57 Å². The van der Waals surface area contributed by atoms with Crippen LogP contribution in [0.25, 0.3) is 6.08 Å². The number of nitrogens with zero attached hydrogens (tertiary/aromatic N) is 1. The normalized spacial score (nSPS) is 12.6. The molecule has 0 bridgehead atoms. The number of hydrogen-bond acceptors (Lipinski definition) is 5. The fourth-order valence-corrected chi connectivity index (χ4v) is 3.52. The van der Waals surface area contributed by atoms with Gasteiger partial charge in [-0.3, -0.25) is 4.98 Å². The van der Waals surface area contributed by atoms with Crippen molar-refractivity contribution in [2.75, 3.05) is 0 Å². The standard InChI is InChI=1S/C20H15Cl2NO3S/c21-17-4-1-5-18(22)16(17)11-26-20(25)15(9-13-6-8-27-12-13)19(24)14-3-2-7-23-10-14/h1-10,12,19,24H,11H2. The minimum atomic E-state index is -1.17. The average Bonchev–Trinajstić information content (AvgIpc) is 3.19. The molecule has 0 saturated heterocycles. The van der Waals surface area contributed by atoms with E-state index < -0.39 is 12.1 Å². The number of pyridine rings is 1. The van der Waals surface area contributed by atoms with Crippen LogP contribution in [0, 0.1) is 0 Å². The molecule has 0 aliphatic rings. The molecule has 2 heterocycles. The van der Waals surface area contributed by atoms with Crippen molar-refractivity contribution in [3.05, 3.63) is 91.9 Å². The lowest BCUT2D eigenvalue weighted by atomic mass is 10.0. The molecule has 4 nitrogen and oxygen atoms in total. The van der Waals surface area contributed by atoms with E-state index in [2.05, 4.69) is 4.98 Å². The Morgan fingerprint density at radius 2 is 2.00 bits per heavy atom. The van der Waals surface area contributed by atoms with Crippen LogP contribution in [0.1, 0.15) is 22.8 Å². The Morgan fingerprint density at radius 3 is 2.63 bits per heavy atom. The van der Waals surface area contributed by atoms with Gasteiger partial charge < -0.3 is 9.84 Å². The Kier molecular flexibility index (Phi) is 6.63. The SMILES string of the molecule is O=C(OCc1c(Cl)cccc1Cl)C(=Cc1ccsc1)C(O)c1cccnc1. The maximum Gasteiger partial charge on any atom is 0.337 e. The van der Waals surface area contributed by atoms with E-state index in [0.717, 1.165) is 5.56 Å². The Morgan fingerprint density at radius 1 is 1.22 bits per heavy atom. The molecule has 1 aromatic carbocycles. The zero-order valence-corrected chi connectivity index (χ0v) is 16.3. The second-order valence-electron chi connectivity index (χ2n) is 5.62. The molecule has 3 aromatic rings. The molecule has 0 fully saturated rings. The zero-order valence-electron chi connectivity index (χ0n) is 14.0. The number of thiophene rings is 1. The van der Waals surface area contributed by atoms with Gasteiger partial charge in [0.15, 0.2) is 0 Å². The Balaban J connectivity index is 1.85. The van der Waals surface area contributed by atoms with Crippen LogP contribution < -0.4 is 0 Å². The van der Waals surface area contributed by atoms with Gasteiger partial charge in [-0.05, 0) is 46.7 Å². The maximum atomic E-state index is 12.7. The summed E-state index contributed by atoms with van der Waals surface area (Å²) in [7, 11) is 0. The lowest BCUT2D eigenvalue weighted by Crippen LogP contribution is -2.15. The molecule has 7 heteroatoms. The summed E-state index contributed by atoms with van der Waals surface area (Å²) in [6, 6.07) is 10.3. The van der Waals surface area contributed by atoms with Crippen LogP contribution in [0.2, 0.25) is 10.0 Å². The molecule has 0 aliphatic carbocycles. The number of hydrogen-bond donors (Lipinski definition) is 1. The van der Waals surface area contributed by atoms with Crippen molar-refractivity contribution < 1.29 is 14.6 Å². The molecular formula is C20H15Cl2NO3S. The summed E-state index contributed by atoms with van der Waals surface area (Å²) >= 11 is 13.7. The molecular weight excluding hydrogens is 405 g/mol. The van der Waals surface area contributed by atoms with E-state index in [1.807, 2.05) is 16.8 Å². The summed E-state index contributed by atoms with van der Waals surface area (Å²) in [6.07, 6.45) is 3.53. The van der Waals surface area contributed by atoms with Crippen molar-refractivity contribution in [2.24, 2.45) is 0 Å². The zero-order chi connectivity index (χ0) is 19.2. The fourth-order valence-electron chi connectivity index (χ4n) is 2.39. The van der Waals surface area contributed by atoms with Gasteiger partial charge in [0.1, 0.15) is 12.7 Å². The summed E-state index contributed by atoms with van der Waals surface area (Å²) in [5.74, 6) is -0.659. The Labute approximate surface area is 170 Å². The first kappa shape index (κ1) is 19.6. The molecule has 0 aliphatic heterocycles. The summed E-state index contributed by atoms with van der Waals surface area (Å²) in [5, 5.41) is 15.3. The van der Waals surface area contributed by atoms with Crippen molar-refractivity contribution in [3.63, 3.8) is 0 Å². The second-order valence-corrected chi connectivity index (χ2v) is 7.22. The highest BCUT2D eigenvalue weighted by Crippen LogP contribution is 2.28. The van der Waals surface area contributed by atoms with Crippen LogP contribution >= 0.6 is 34.5 Å². The number of carbonyl (C=O) groups is 1. The smallest absolute Gasteiger partial charge is 0.337 e. The first-order valence-electron chi connectivity index (χ1n) is 7.98. The monoisotopic (exact) mass is 419 g/mol. The summed E-state index contributed by atoms with van der Waals surface area (Å²) in [4.78, 5) is 16.7. The van der Waals surface area contributed by atoms with Crippen molar-refractivity contribution in [2.45, 2.75) is 12.7 Å². The van der Waals surface area contributed by atoms with Crippen molar-refractivity contribution in [1.82, 2.24) is 4.98 Å². The molecule has 2 aromatic heterocycles. The van der Waals surface area contributed by atoms with Gasteiger partial charge in [-0.25, -0.2) is 4.79 Å². The summed E-state index contributed by atoms with van der Waals surface area (Å²) < 4.78 is 5.39. The van der Waals surface area contributed by atoms with Gasteiger partial charge in [-0.15, -0.1) is 0 Å². The largest absolute Gasteiger partial charge is 0.457 e. The number of aliphatic hydroxyl groups excluding tert-OH is 1. The molecule has 0 amide bonds. The van der Waals surface area contributed by atoms with Crippen molar-refractivity contribution in [3.8, 4) is 0 Å². The number of ether oxygens (including phenoxy) is 1. The van der Waals surface area contributed by atoms with Crippen LogP contribution in [0.5, 0.6) is 0 Å². The van der Waals surface area contributed by atoms with E-state index in [9.17, 15) is 9.90 Å². The molecule has 0 saturated carbocycles. The Bertz CT molecular complexity index is 923. The lowest BCUT2D eigenvalue weighted by molar-refractivity contribution is -0.141. The van der Waals surface area contributed by atoms with Gasteiger partial charge in [0, 0.05) is 33.6 Å². The van der Waals surface area contributed by atoms with Gasteiger partial charge in [-0.1, -0.05) is 35.3 Å². The van der Waals surface area contributed by atoms with E-state index >= 15 is 0 Å². The molecule has 27 heavy (non-hydrogen) atoms. The summed E-state index contributed by atoms with van der Waals surface area (Å²) in [6.45, 7) is -0.0991. The minimum absolute atomic E-state index is 0.0991. The highest BCUT2D eigenvalue weighted by molar-refractivity contribution is 7.08. The molecule has 1 N–H and O–H groups in total. The number of rotatable bonds is 6. The molecule has 0 spiro atoms. The first-order valence-corrected chi connectivity index (χ1v) is 9.68. The number of aromatic nitrogens is 1. The number of esters is 1. The third-order valence-electron chi connectivity index (χ3n) is 3.81. The van der Waals surface area contributed by atoms with E-state index in [-0.39, 0.29) is 12.2 Å². The van der Waals surface area contributed by atoms with Crippen molar-refractivity contribution in [1.29, 1.82) is 0 Å². The highest BCUT2D eigenvalue weighted by Gasteiger charge is 2.23. The number of halogens is 2. The van der Waals surface area contributed by atoms with E-state index in [1.165, 1.54) is 17.5 Å². The van der Waals surface area contributed by atoms with Gasteiger partial charge in [-0.2, -0.15) is 11.3 Å². The molecule has 0 radical (unpaired) electrons. The topological polar surface area (TPSA) is 59.4 Å². The quantitative estimate of drug-likeness (QED) is 0.434. The van der Waals surface area contributed by atoms with Gasteiger partial charge in [0.2, 0.25) is 0 Å². The molecule has 1 atom stereocenters. The lowest BCUT2D eigenvalue weighted by Gasteiger charge is -2.15. The third-order valence-corrected chi connectivity index (χ3v) is 5.21. The fraction of sp³-hybridized carbons (Fsp3) is 0.100. The van der Waals surface area contributed by atoms with Crippen LogP contribution in [0.15, 0.2) is 65.1 Å².